The molecular formula is C11H15ClFNO. The minimum absolute atomic E-state index is 0.0709. The number of hydrogen-bond acceptors (Lipinski definition) is 2. The van der Waals surface area contributed by atoms with Crippen molar-refractivity contribution >= 4 is 11.6 Å². The highest BCUT2D eigenvalue weighted by Gasteiger charge is 2.15. The number of benzene rings is 1. The molecule has 0 amide bonds. The van der Waals surface area contributed by atoms with Crippen molar-refractivity contribution in [3.8, 4) is 0 Å². The molecule has 0 aliphatic rings. The van der Waals surface area contributed by atoms with Crippen molar-refractivity contribution in [1.29, 1.82) is 0 Å². The standard InChI is InChI=1S/C11H15ClFNO/c1-7(2)15-6-10(14)11-8(12)4-3-5-9(11)13/h3-5,7,10H,6,14H2,1-2H3. The normalized spacial score (nSPS) is 13.2. The van der Waals surface area contributed by atoms with Gasteiger partial charge in [-0.05, 0) is 26.0 Å². The van der Waals surface area contributed by atoms with Gasteiger partial charge in [0, 0.05) is 10.6 Å². The quantitative estimate of drug-likeness (QED) is 0.865. The van der Waals surface area contributed by atoms with Crippen LogP contribution in [-0.2, 0) is 4.74 Å². The summed E-state index contributed by atoms with van der Waals surface area (Å²) in [6, 6.07) is 3.99. The number of hydrogen-bond donors (Lipinski definition) is 1. The number of rotatable bonds is 4. The van der Waals surface area contributed by atoms with Gasteiger partial charge in [-0.25, -0.2) is 4.39 Å². The smallest absolute Gasteiger partial charge is 0.129 e. The molecule has 0 bridgehead atoms. The summed E-state index contributed by atoms with van der Waals surface area (Å²) in [4.78, 5) is 0. The molecule has 0 radical (unpaired) electrons. The maximum Gasteiger partial charge on any atom is 0.129 e. The fraction of sp³-hybridized carbons (Fsp3) is 0.455. The molecule has 1 rings (SSSR count). The van der Waals surface area contributed by atoms with Crippen molar-refractivity contribution in [1.82, 2.24) is 0 Å². The van der Waals surface area contributed by atoms with E-state index in [2.05, 4.69) is 0 Å². The molecule has 0 aromatic heterocycles. The summed E-state index contributed by atoms with van der Waals surface area (Å²) in [6.07, 6.45) is 0.0709. The van der Waals surface area contributed by atoms with E-state index in [1.165, 1.54) is 6.07 Å². The van der Waals surface area contributed by atoms with Gasteiger partial charge in [0.05, 0.1) is 18.8 Å². The van der Waals surface area contributed by atoms with Crippen LogP contribution in [0.15, 0.2) is 18.2 Å². The molecule has 0 saturated carbocycles. The first-order chi connectivity index (χ1) is 7.02. The third-order valence-corrected chi connectivity index (χ3v) is 2.31. The Hall–Kier alpha value is -0.640. The predicted octanol–water partition coefficient (Wildman–Crippen LogP) is 2.90. The second-order valence-corrected chi connectivity index (χ2v) is 4.03. The Morgan fingerprint density at radius 3 is 2.67 bits per heavy atom. The van der Waals surface area contributed by atoms with Crippen molar-refractivity contribution in [2.45, 2.75) is 26.0 Å². The minimum atomic E-state index is -0.527. The second kappa shape index (κ2) is 5.45. The first-order valence-electron chi connectivity index (χ1n) is 4.83. The van der Waals surface area contributed by atoms with Crippen LogP contribution in [0.2, 0.25) is 5.02 Å². The van der Waals surface area contributed by atoms with Crippen LogP contribution in [0.5, 0.6) is 0 Å². The van der Waals surface area contributed by atoms with Crippen molar-refractivity contribution in [3.05, 3.63) is 34.6 Å². The second-order valence-electron chi connectivity index (χ2n) is 3.62. The number of ether oxygens (including phenoxy) is 1. The fourth-order valence-corrected chi connectivity index (χ4v) is 1.55. The van der Waals surface area contributed by atoms with Crippen molar-refractivity contribution < 1.29 is 9.13 Å². The Kier molecular flexibility index (Phi) is 4.51. The zero-order valence-electron chi connectivity index (χ0n) is 8.84. The largest absolute Gasteiger partial charge is 0.377 e. The van der Waals surface area contributed by atoms with Gasteiger partial charge >= 0.3 is 0 Å². The molecule has 0 heterocycles. The van der Waals surface area contributed by atoms with Crippen LogP contribution in [-0.4, -0.2) is 12.7 Å². The summed E-state index contributed by atoms with van der Waals surface area (Å²) in [5.41, 5.74) is 6.11. The topological polar surface area (TPSA) is 35.2 Å². The van der Waals surface area contributed by atoms with E-state index in [9.17, 15) is 4.39 Å². The molecule has 0 fully saturated rings. The maximum atomic E-state index is 13.4. The Balaban J connectivity index is 2.77. The van der Waals surface area contributed by atoms with Gasteiger partial charge in [0.2, 0.25) is 0 Å². The molecule has 1 aromatic carbocycles. The van der Waals surface area contributed by atoms with E-state index in [0.717, 1.165) is 0 Å². The Morgan fingerprint density at radius 1 is 1.47 bits per heavy atom. The predicted molar refractivity (Wildman–Crippen MR) is 59.4 cm³/mol. The van der Waals surface area contributed by atoms with E-state index in [4.69, 9.17) is 22.1 Å². The van der Waals surface area contributed by atoms with Crippen LogP contribution in [0.4, 0.5) is 4.39 Å². The third-order valence-electron chi connectivity index (χ3n) is 1.98. The van der Waals surface area contributed by atoms with Gasteiger partial charge in [0.25, 0.3) is 0 Å². The first kappa shape index (κ1) is 12.4. The highest BCUT2D eigenvalue weighted by Crippen LogP contribution is 2.24. The molecule has 84 valence electrons. The molecule has 4 heteroatoms. The maximum absolute atomic E-state index is 13.4. The van der Waals surface area contributed by atoms with E-state index in [1.54, 1.807) is 12.1 Å². The van der Waals surface area contributed by atoms with Crippen molar-refractivity contribution in [2.75, 3.05) is 6.61 Å². The monoisotopic (exact) mass is 231 g/mol. The molecule has 0 aliphatic carbocycles. The molecule has 1 unspecified atom stereocenters. The summed E-state index contributed by atoms with van der Waals surface area (Å²) in [6.45, 7) is 4.06. The van der Waals surface area contributed by atoms with Gasteiger partial charge in [0.1, 0.15) is 5.82 Å². The molecule has 1 atom stereocenters. The summed E-state index contributed by atoms with van der Waals surface area (Å²) >= 11 is 5.86. The average molecular weight is 232 g/mol. The average Bonchev–Trinajstić information content (AvgIpc) is 2.14. The molecule has 2 nitrogen and oxygen atoms in total. The molecule has 0 saturated heterocycles. The van der Waals surface area contributed by atoms with Crippen molar-refractivity contribution in [3.63, 3.8) is 0 Å². The number of halogens is 2. The minimum Gasteiger partial charge on any atom is -0.377 e. The zero-order valence-corrected chi connectivity index (χ0v) is 9.59. The molecular weight excluding hydrogens is 217 g/mol. The Morgan fingerprint density at radius 2 is 2.13 bits per heavy atom. The van der Waals surface area contributed by atoms with Crippen LogP contribution in [0.3, 0.4) is 0 Å². The lowest BCUT2D eigenvalue weighted by atomic mass is 10.1. The van der Waals surface area contributed by atoms with Crippen molar-refractivity contribution in [2.24, 2.45) is 5.73 Å². The SMILES string of the molecule is CC(C)OCC(N)c1c(F)cccc1Cl. The highest BCUT2D eigenvalue weighted by atomic mass is 35.5. The summed E-state index contributed by atoms with van der Waals surface area (Å²) < 4.78 is 18.7. The molecule has 2 N–H and O–H groups in total. The molecule has 15 heavy (non-hydrogen) atoms. The van der Waals surface area contributed by atoms with Gasteiger partial charge in [0.15, 0.2) is 0 Å². The molecule has 0 aliphatic heterocycles. The Bertz CT molecular complexity index is 310. The zero-order chi connectivity index (χ0) is 11.4. The van der Waals surface area contributed by atoms with E-state index in [1.807, 2.05) is 13.8 Å². The van der Waals surface area contributed by atoms with Gasteiger partial charge in [-0.2, -0.15) is 0 Å². The van der Waals surface area contributed by atoms with Gasteiger partial charge < -0.3 is 10.5 Å². The van der Waals surface area contributed by atoms with E-state index < -0.39 is 6.04 Å². The van der Waals surface area contributed by atoms with E-state index >= 15 is 0 Å². The summed E-state index contributed by atoms with van der Waals surface area (Å²) in [5, 5.41) is 0.342. The van der Waals surface area contributed by atoms with Gasteiger partial charge in [-0.3, -0.25) is 0 Å². The van der Waals surface area contributed by atoms with Gasteiger partial charge in [-0.15, -0.1) is 0 Å². The summed E-state index contributed by atoms with van der Waals surface area (Å²) in [7, 11) is 0. The molecule has 0 spiro atoms. The lowest BCUT2D eigenvalue weighted by Crippen LogP contribution is -2.21. The highest BCUT2D eigenvalue weighted by molar-refractivity contribution is 6.31. The lowest BCUT2D eigenvalue weighted by Gasteiger charge is -2.16. The van der Waals surface area contributed by atoms with E-state index in [0.29, 0.717) is 10.6 Å². The lowest BCUT2D eigenvalue weighted by molar-refractivity contribution is 0.0677. The van der Waals surface area contributed by atoms with E-state index in [-0.39, 0.29) is 18.5 Å². The fourth-order valence-electron chi connectivity index (χ4n) is 1.24. The van der Waals surface area contributed by atoms with Gasteiger partial charge in [-0.1, -0.05) is 17.7 Å². The van der Waals surface area contributed by atoms with Crippen LogP contribution in [0.25, 0.3) is 0 Å². The summed E-state index contributed by atoms with van der Waals surface area (Å²) in [5.74, 6) is -0.387. The molecule has 1 aromatic rings. The Labute approximate surface area is 94.2 Å². The number of nitrogens with two attached hydrogens (primary N) is 1. The van der Waals surface area contributed by atoms with Crippen LogP contribution in [0, 0.1) is 5.82 Å². The van der Waals surface area contributed by atoms with Crippen LogP contribution < -0.4 is 5.73 Å². The third kappa shape index (κ3) is 3.45. The first-order valence-corrected chi connectivity index (χ1v) is 5.21. The van der Waals surface area contributed by atoms with Crippen LogP contribution in [0.1, 0.15) is 25.5 Å². The van der Waals surface area contributed by atoms with Crippen LogP contribution >= 0.6 is 11.6 Å².